The molecule has 23 heavy (non-hydrogen) atoms. The molecule has 1 unspecified atom stereocenters. The highest BCUT2D eigenvalue weighted by molar-refractivity contribution is 7.90. The van der Waals surface area contributed by atoms with Crippen LogP contribution in [0.25, 0.3) is 0 Å². The Morgan fingerprint density at radius 2 is 1.96 bits per heavy atom. The average Bonchev–Trinajstić information content (AvgIpc) is 2.36. The number of aliphatic carboxylic acids is 1. The summed E-state index contributed by atoms with van der Waals surface area (Å²) in [5.74, 6) is -2.06. The van der Waals surface area contributed by atoms with Gasteiger partial charge in [-0.05, 0) is 33.8 Å². The van der Waals surface area contributed by atoms with Crippen LogP contribution in [-0.4, -0.2) is 25.3 Å². The number of nitro benzene ring substituents is 1. The van der Waals surface area contributed by atoms with E-state index in [1.54, 1.807) is 20.8 Å². The van der Waals surface area contributed by atoms with Crippen LogP contribution >= 0.6 is 0 Å². The Morgan fingerprint density at radius 3 is 2.39 bits per heavy atom. The lowest BCUT2D eigenvalue weighted by Gasteiger charge is -2.34. The van der Waals surface area contributed by atoms with E-state index >= 15 is 0 Å². The van der Waals surface area contributed by atoms with Crippen LogP contribution < -0.4 is 4.72 Å². The number of rotatable bonds is 6. The van der Waals surface area contributed by atoms with E-state index in [9.17, 15) is 23.9 Å². The molecule has 0 amide bonds. The lowest BCUT2D eigenvalue weighted by molar-refractivity contribution is -0.385. The predicted molar refractivity (Wildman–Crippen MR) is 83.7 cm³/mol. The number of halogens is 1. The zero-order chi connectivity index (χ0) is 18.0. The van der Waals surface area contributed by atoms with E-state index < -0.39 is 44.8 Å². The van der Waals surface area contributed by atoms with Crippen LogP contribution in [0.5, 0.6) is 0 Å². The minimum absolute atomic E-state index is 0.216. The molecular formula is C14H19FN2O5S. The first kappa shape index (κ1) is 19.3. The van der Waals surface area contributed by atoms with Crippen molar-refractivity contribution in [2.24, 2.45) is 0 Å². The maximum atomic E-state index is 14.2. The summed E-state index contributed by atoms with van der Waals surface area (Å²) in [7, 11) is 0. The van der Waals surface area contributed by atoms with E-state index in [-0.39, 0.29) is 11.3 Å². The third-order valence-corrected chi connectivity index (χ3v) is 4.88. The summed E-state index contributed by atoms with van der Waals surface area (Å²) in [6.07, 6.45) is -0.590. The molecule has 0 aliphatic rings. The van der Waals surface area contributed by atoms with Crippen LogP contribution in [0.1, 0.15) is 39.7 Å². The van der Waals surface area contributed by atoms with Gasteiger partial charge in [-0.25, -0.2) is 4.39 Å². The molecule has 0 saturated heterocycles. The van der Waals surface area contributed by atoms with Crippen molar-refractivity contribution in [1.29, 1.82) is 0 Å². The van der Waals surface area contributed by atoms with Crippen molar-refractivity contribution in [3.8, 4) is 0 Å². The second-order valence-electron chi connectivity index (χ2n) is 6.31. The molecule has 0 radical (unpaired) electrons. The number of carbonyl (C=O) groups is 1. The van der Waals surface area contributed by atoms with Gasteiger partial charge in [0.15, 0.2) is 0 Å². The molecule has 2 N–H and O–H groups in total. The molecule has 1 rings (SSSR count). The van der Waals surface area contributed by atoms with E-state index in [0.717, 1.165) is 18.2 Å². The highest BCUT2D eigenvalue weighted by atomic mass is 32.2. The summed E-state index contributed by atoms with van der Waals surface area (Å²) >= 11 is -1.70. The van der Waals surface area contributed by atoms with Gasteiger partial charge in [-0.1, -0.05) is 0 Å². The van der Waals surface area contributed by atoms with E-state index in [2.05, 4.69) is 4.72 Å². The molecule has 0 bridgehead atoms. The topological polar surface area (TPSA) is 116 Å². The van der Waals surface area contributed by atoms with Crippen LogP contribution in [0.4, 0.5) is 10.1 Å². The van der Waals surface area contributed by atoms with Crippen molar-refractivity contribution in [1.82, 2.24) is 4.72 Å². The Labute approximate surface area is 136 Å². The number of nitrogens with one attached hydrogen (secondary N) is 1. The molecule has 1 aromatic carbocycles. The van der Waals surface area contributed by atoms with Crippen LogP contribution in [0.3, 0.4) is 0 Å². The van der Waals surface area contributed by atoms with Gasteiger partial charge < -0.3 is 9.66 Å². The molecule has 1 aromatic rings. The van der Waals surface area contributed by atoms with E-state index in [0.29, 0.717) is 0 Å². The first-order valence-electron chi connectivity index (χ1n) is 6.73. The van der Waals surface area contributed by atoms with Gasteiger partial charge in [0.1, 0.15) is 10.6 Å². The first-order valence-corrected chi connectivity index (χ1v) is 7.88. The molecule has 0 aliphatic heterocycles. The van der Waals surface area contributed by atoms with Gasteiger partial charge in [0.25, 0.3) is 5.69 Å². The summed E-state index contributed by atoms with van der Waals surface area (Å²) in [5, 5.41) is 20.0. The summed E-state index contributed by atoms with van der Waals surface area (Å²) < 4.78 is 28.4. The van der Waals surface area contributed by atoms with E-state index in [1.165, 1.54) is 6.92 Å². The van der Waals surface area contributed by atoms with Gasteiger partial charge in [-0.3, -0.25) is 14.9 Å². The van der Waals surface area contributed by atoms with Gasteiger partial charge in [-0.15, -0.1) is 4.72 Å². The Kier molecular flexibility index (Phi) is 5.73. The molecule has 128 valence electrons. The van der Waals surface area contributed by atoms with Crippen molar-refractivity contribution in [3.05, 3.63) is 39.7 Å². The zero-order valence-corrected chi connectivity index (χ0v) is 14.1. The van der Waals surface area contributed by atoms with Gasteiger partial charge in [0.2, 0.25) is 0 Å². The summed E-state index contributed by atoms with van der Waals surface area (Å²) in [6, 6.07) is 2.85. The fourth-order valence-electron chi connectivity index (χ4n) is 1.90. The lowest BCUT2D eigenvalue weighted by atomic mass is 9.89. The Bertz CT molecular complexity index is 620. The minimum Gasteiger partial charge on any atom is -0.598 e. The van der Waals surface area contributed by atoms with Crippen molar-refractivity contribution < 1.29 is 23.8 Å². The number of hydrogen-bond donors (Lipinski definition) is 2. The number of nitro groups is 1. The van der Waals surface area contributed by atoms with Crippen molar-refractivity contribution >= 4 is 23.0 Å². The predicted octanol–water partition coefficient (Wildman–Crippen LogP) is 2.48. The van der Waals surface area contributed by atoms with Crippen LogP contribution in [0, 0.1) is 15.9 Å². The fourth-order valence-corrected chi connectivity index (χ4v) is 2.79. The van der Waals surface area contributed by atoms with E-state index in [4.69, 9.17) is 5.11 Å². The van der Waals surface area contributed by atoms with Crippen LogP contribution in [-0.2, 0) is 21.7 Å². The Balaban J connectivity index is 3.38. The van der Waals surface area contributed by atoms with Crippen molar-refractivity contribution in [3.63, 3.8) is 0 Å². The molecule has 0 aromatic heterocycles. The maximum Gasteiger partial charge on any atom is 0.305 e. The number of carboxylic acids is 1. The van der Waals surface area contributed by atoms with E-state index in [1.807, 2.05) is 0 Å². The number of hydrogen-bond acceptors (Lipinski definition) is 5. The first-order chi connectivity index (χ1) is 10.4. The SMILES string of the molecule is CC(C)(C)[S+]([O-])N[C@](C)(CC(=O)O)c1cc([N+](=O)[O-])ccc1F. The number of carboxylic acid groups (broad SMARTS) is 1. The van der Waals surface area contributed by atoms with Gasteiger partial charge in [0, 0.05) is 29.1 Å². The van der Waals surface area contributed by atoms with Crippen molar-refractivity contribution in [2.45, 2.75) is 44.4 Å². The largest absolute Gasteiger partial charge is 0.598 e. The van der Waals surface area contributed by atoms with Crippen LogP contribution in [0.15, 0.2) is 18.2 Å². The second kappa shape index (κ2) is 6.81. The summed E-state index contributed by atoms with van der Waals surface area (Å²) in [6.45, 7) is 6.36. The molecular weight excluding hydrogens is 327 g/mol. The minimum atomic E-state index is -1.70. The molecule has 2 atom stereocenters. The molecule has 0 aliphatic carbocycles. The maximum absolute atomic E-state index is 14.2. The molecule has 9 heteroatoms. The van der Waals surface area contributed by atoms with Gasteiger partial charge in [0.05, 0.1) is 16.9 Å². The Hall–Kier alpha value is -1.71. The highest BCUT2D eigenvalue weighted by Crippen LogP contribution is 2.32. The Morgan fingerprint density at radius 1 is 1.39 bits per heavy atom. The zero-order valence-electron chi connectivity index (χ0n) is 13.3. The normalized spacial score (nSPS) is 15.7. The average molecular weight is 346 g/mol. The number of benzene rings is 1. The third kappa shape index (κ3) is 4.88. The molecule has 7 nitrogen and oxygen atoms in total. The van der Waals surface area contributed by atoms with Crippen LogP contribution in [0.2, 0.25) is 0 Å². The summed E-state index contributed by atoms with van der Waals surface area (Å²) in [4.78, 5) is 21.3. The number of nitrogens with zero attached hydrogens (tertiary/aromatic N) is 1. The van der Waals surface area contributed by atoms with Gasteiger partial charge in [-0.2, -0.15) is 0 Å². The standard InChI is InChI=1S/C14H19FN2O5S/c1-13(2,3)23(22)16-14(4,8-12(18)19)10-7-9(17(20)21)5-6-11(10)15/h5-7,16H,8H2,1-4H3,(H,18,19)/t14-,23?/m1/s1. The van der Waals surface area contributed by atoms with Gasteiger partial charge >= 0.3 is 5.97 Å². The molecule has 0 heterocycles. The molecule has 0 spiro atoms. The van der Waals surface area contributed by atoms with Crippen molar-refractivity contribution in [2.75, 3.05) is 0 Å². The second-order valence-corrected chi connectivity index (χ2v) is 8.27. The highest BCUT2D eigenvalue weighted by Gasteiger charge is 2.41. The third-order valence-electron chi connectivity index (χ3n) is 3.13. The fraction of sp³-hybridized carbons (Fsp3) is 0.500. The monoisotopic (exact) mass is 346 g/mol. The summed E-state index contributed by atoms with van der Waals surface area (Å²) in [5.41, 5.74) is -2.16. The smallest absolute Gasteiger partial charge is 0.305 e. The molecule has 0 saturated carbocycles. The molecule has 0 fully saturated rings. The quantitative estimate of drug-likeness (QED) is 0.464. The lowest BCUT2D eigenvalue weighted by Crippen LogP contribution is -2.51. The number of non-ortho nitro benzene ring substituents is 1.